The van der Waals surface area contributed by atoms with E-state index in [2.05, 4.69) is 4.98 Å². The molecule has 5 nitrogen and oxygen atoms in total. The number of furan rings is 1. The highest BCUT2D eigenvalue weighted by Crippen LogP contribution is 2.38. The fraction of sp³-hybridized carbons (Fsp3) is 0.500. The van der Waals surface area contributed by atoms with Crippen molar-refractivity contribution in [2.75, 3.05) is 24.5 Å². The lowest BCUT2D eigenvalue weighted by atomic mass is 9.95. The van der Waals surface area contributed by atoms with E-state index in [0.717, 1.165) is 24.7 Å². The van der Waals surface area contributed by atoms with Crippen molar-refractivity contribution in [3.05, 3.63) is 48.0 Å². The number of anilines is 1. The zero-order valence-corrected chi connectivity index (χ0v) is 15.4. The maximum Gasteiger partial charge on any atom is 0.419 e. The van der Waals surface area contributed by atoms with Gasteiger partial charge in [0.15, 0.2) is 0 Å². The maximum atomic E-state index is 13.4. The fourth-order valence-electron chi connectivity index (χ4n) is 4.28. The second-order valence-corrected chi connectivity index (χ2v) is 7.36. The van der Waals surface area contributed by atoms with Crippen LogP contribution in [0.2, 0.25) is 0 Å². The molecule has 2 aromatic rings. The average molecular weight is 393 g/mol. The Morgan fingerprint density at radius 2 is 1.96 bits per heavy atom. The number of likely N-dealkylation sites (tertiary alicyclic amines) is 1. The third kappa shape index (κ3) is 3.59. The molecule has 0 bridgehead atoms. The number of nitrogens with zero attached hydrogens (tertiary/aromatic N) is 3. The number of rotatable bonds is 3. The van der Waals surface area contributed by atoms with Gasteiger partial charge in [-0.05, 0) is 49.9 Å². The van der Waals surface area contributed by atoms with E-state index in [-0.39, 0.29) is 30.2 Å². The molecule has 1 amide bonds. The van der Waals surface area contributed by atoms with Crippen molar-refractivity contribution in [3.8, 4) is 0 Å². The van der Waals surface area contributed by atoms with Crippen LogP contribution in [0.3, 0.4) is 0 Å². The molecule has 2 fully saturated rings. The third-order valence-corrected chi connectivity index (χ3v) is 5.57. The number of pyridine rings is 1. The van der Waals surface area contributed by atoms with Crippen LogP contribution in [-0.2, 0) is 11.0 Å². The minimum absolute atomic E-state index is 0.00640. The molecule has 0 aliphatic carbocycles. The number of alkyl halides is 3. The van der Waals surface area contributed by atoms with Gasteiger partial charge < -0.3 is 14.2 Å². The molecule has 0 radical (unpaired) electrons. The first-order valence-corrected chi connectivity index (χ1v) is 9.56. The van der Waals surface area contributed by atoms with Gasteiger partial charge >= 0.3 is 6.18 Å². The van der Waals surface area contributed by atoms with Crippen molar-refractivity contribution in [1.82, 2.24) is 9.88 Å². The van der Waals surface area contributed by atoms with Gasteiger partial charge in [0.1, 0.15) is 11.6 Å². The number of aromatic nitrogens is 1. The standard InChI is InChI=1S/C20H22F3N3O2/c21-20(22,23)15-6-1-9-24-18(15)25-10-2-5-14(13-25)19(27)26-11-3-7-16(26)17-8-4-12-28-17/h1,4,6,8-9,12,14,16H,2-3,5,7,10-11,13H2. The number of carbonyl (C=O) groups excluding carboxylic acids is 1. The van der Waals surface area contributed by atoms with Gasteiger partial charge in [-0.25, -0.2) is 4.98 Å². The first kappa shape index (κ1) is 18.8. The number of carbonyl (C=O) groups is 1. The molecular formula is C20H22F3N3O2. The zero-order valence-electron chi connectivity index (χ0n) is 15.4. The molecule has 2 saturated heterocycles. The molecule has 2 aliphatic heterocycles. The van der Waals surface area contributed by atoms with E-state index in [9.17, 15) is 18.0 Å². The minimum atomic E-state index is -4.47. The van der Waals surface area contributed by atoms with Crippen LogP contribution in [0.15, 0.2) is 41.1 Å². The highest BCUT2D eigenvalue weighted by molar-refractivity contribution is 5.80. The monoisotopic (exact) mass is 393 g/mol. The summed E-state index contributed by atoms with van der Waals surface area (Å²) in [5.41, 5.74) is -0.752. The van der Waals surface area contributed by atoms with Crippen LogP contribution in [0.4, 0.5) is 19.0 Å². The van der Waals surface area contributed by atoms with Crippen molar-refractivity contribution in [2.24, 2.45) is 5.92 Å². The Bertz CT molecular complexity index is 822. The van der Waals surface area contributed by atoms with E-state index < -0.39 is 11.7 Å². The van der Waals surface area contributed by atoms with Crippen molar-refractivity contribution in [2.45, 2.75) is 37.9 Å². The van der Waals surface area contributed by atoms with Crippen molar-refractivity contribution in [1.29, 1.82) is 0 Å². The first-order chi connectivity index (χ1) is 13.4. The van der Waals surface area contributed by atoms with Crippen LogP contribution in [0.25, 0.3) is 0 Å². The molecule has 0 saturated carbocycles. The Morgan fingerprint density at radius 3 is 2.71 bits per heavy atom. The second-order valence-electron chi connectivity index (χ2n) is 7.36. The quantitative estimate of drug-likeness (QED) is 0.781. The summed E-state index contributed by atoms with van der Waals surface area (Å²) in [6, 6.07) is 5.92. The van der Waals surface area contributed by atoms with E-state index in [4.69, 9.17) is 4.42 Å². The van der Waals surface area contributed by atoms with Gasteiger partial charge in [-0.2, -0.15) is 13.2 Å². The van der Waals surface area contributed by atoms with E-state index in [1.807, 2.05) is 11.0 Å². The molecule has 2 aromatic heterocycles. The van der Waals surface area contributed by atoms with Gasteiger partial charge in [0.2, 0.25) is 5.91 Å². The minimum Gasteiger partial charge on any atom is -0.467 e. The molecule has 150 valence electrons. The molecule has 4 rings (SSSR count). The van der Waals surface area contributed by atoms with Crippen molar-refractivity contribution in [3.63, 3.8) is 0 Å². The number of piperidine rings is 1. The molecular weight excluding hydrogens is 371 g/mol. The highest BCUT2D eigenvalue weighted by Gasteiger charge is 2.40. The van der Waals surface area contributed by atoms with Gasteiger partial charge in [0.05, 0.1) is 23.8 Å². The SMILES string of the molecule is O=C(C1CCCN(c2ncccc2C(F)(F)F)C1)N1CCCC1c1ccco1. The predicted molar refractivity (Wildman–Crippen MR) is 96.6 cm³/mol. The van der Waals surface area contributed by atoms with Crippen LogP contribution in [-0.4, -0.2) is 35.4 Å². The molecule has 4 heterocycles. The molecule has 2 atom stereocenters. The summed E-state index contributed by atoms with van der Waals surface area (Å²) < 4.78 is 45.6. The molecule has 2 unspecified atom stereocenters. The largest absolute Gasteiger partial charge is 0.467 e. The van der Waals surface area contributed by atoms with Crippen LogP contribution in [0, 0.1) is 5.92 Å². The van der Waals surface area contributed by atoms with Crippen molar-refractivity contribution < 1.29 is 22.4 Å². The first-order valence-electron chi connectivity index (χ1n) is 9.56. The second kappa shape index (κ2) is 7.48. The van der Waals surface area contributed by atoms with Gasteiger partial charge in [0.25, 0.3) is 0 Å². The van der Waals surface area contributed by atoms with Gasteiger partial charge in [-0.3, -0.25) is 4.79 Å². The van der Waals surface area contributed by atoms with Gasteiger partial charge in [-0.1, -0.05) is 0 Å². The number of amides is 1. The lowest BCUT2D eigenvalue weighted by molar-refractivity contribution is -0.137. The molecule has 8 heteroatoms. The number of halogens is 3. The van der Waals surface area contributed by atoms with Gasteiger partial charge in [0, 0.05) is 25.8 Å². The van der Waals surface area contributed by atoms with Gasteiger partial charge in [-0.15, -0.1) is 0 Å². The van der Waals surface area contributed by atoms with E-state index in [0.29, 0.717) is 25.9 Å². The van der Waals surface area contributed by atoms with E-state index >= 15 is 0 Å². The summed E-state index contributed by atoms with van der Waals surface area (Å²) in [7, 11) is 0. The third-order valence-electron chi connectivity index (χ3n) is 5.57. The Balaban J connectivity index is 1.52. The normalized spacial score (nSPS) is 23.2. The fourth-order valence-corrected chi connectivity index (χ4v) is 4.28. The predicted octanol–water partition coefficient (Wildman–Crippen LogP) is 4.27. The molecule has 0 spiro atoms. The lowest BCUT2D eigenvalue weighted by Crippen LogP contribution is -2.45. The zero-order chi connectivity index (χ0) is 19.7. The maximum absolute atomic E-state index is 13.4. The smallest absolute Gasteiger partial charge is 0.419 e. The molecule has 28 heavy (non-hydrogen) atoms. The Morgan fingerprint density at radius 1 is 1.14 bits per heavy atom. The van der Waals surface area contributed by atoms with E-state index in [1.54, 1.807) is 17.2 Å². The molecule has 0 aromatic carbocycles. The molecule has 0 N–H and O–H groups in total. The van der Waals surface area contributed by atoms with Crippen LogP contribution in [0.1, 0.15) is 43.0 Å². The Kier molecular flexibility index (Phi) is 5.03. The highest BCUT2D eigenvalue weighted by atomic mass is 19.4. The van der Waals surface area contributed by atoms with E-state index in [1.165, 1.54) is 12.3 Å². The lowest BCUT2D eigenvalue weighted by Gasteiger charge is -2.36. The topological polar surface area (TPSA) is 49.6 Å². The van der Waals surface area contributed by atoms with Crippen LogP contribution >= 0.6 is 0 Å². The summed E-state index contributed by atoms with van der Waals surface area (Å²) in [5, 5.41) is 0. The average Bonchev–Trinajstić information content (AvgIpc) is 3.38. The summed E-state index contributed by atoms with van der Waals surface area (Å²) in [4.78, 5) is 20.6. The Hall–Kier alpha value is -2.51. The van der Waals surface area contributed by atoms with Crippen LogP contribution in [0.5, 0.6) is 0 Å². The molecule has 2 aliphatic rings. The summed E-state index contributed by atoms with van der Waals surface area (Å²) in [6.07, 6.45) is 1.55. The van der Waals surface area contributed by atoms with Crippen molar-refractivity contribution >= 4 is 11.7 Å². The van der Waals surface area contributed by atoms with Crippen LogP contribution < -0.4 is 4.90 Å². The summed E-state index contributed by atoms with van der Waals surface area (Å²) >= 11 is 0. The summed E-state index contributed by atoms with van der Waals surface area (Å²) in [6.45, 7) is 1.36. The number of hydrogen-bond acceptors (Lipinski definition) is 4. The number of hydrogen-bond donors (Lipinski definition) is 0. The Labute approximate surface area is 161 Å². The summed E-state index contributed by atoms with van der Waals surface area (Å²) in [5.74, 6) is 0.333.